The summed E-state index contributed by atoms with van der Waals surface area (Å²) in [7, 11) is 0. The number of nitrogens with zero attached hydrogens (tertiary/aromatic N) is 1. The fourth-order valence-corrected chi connectivity index (χ4v) is 3.32. The topological polar surface area (TPSA) is 99.4 Å². The van der Waals surface area contributed by atoms with E-state index >= 15 is 0 Å². The van der Waals surface area contributed by atoms with Gasteiger partial charge in [0.2, 0.25) is 0 Å². The number of nitriles is 1. The van der Waals surface area contributed by atoms with Crippen LogP contribution >= 0.6 is 23.2 Å². The summed E-state index contributed by atoms with van der Waals surface area (Å²) in [5.41, 5.74) is 1.35. The largest absolute Gasteiger partial charge is 0.483 e. The van der Waals surface area contributed by atoms with E-state index in [2.05, 4.69) is 5.32 Å². The van der Waals surface area contributed by atoms with E-state index in [0.717, 1.165) is 5.56 Å². The Morgan fingerprint density at radius 3 is 2.48 bits per heavy atom. The highest BCUT2D eigenvalue weighted by molar-refractivity contribution is 6.39. The number of fused-ring (bicyclic) bond motifs is 1. The van der Waals surface area contributed by atoms with Crippen molar-refractivity contribution in [2.24, 2.45) is 0 Å². The molecule has 0 saturated heterocycles. The van der Waals surface area contributed by atoms with Crippen LogP contribution in [-0.4, -0.2) is 23.6 Å². The lowest BCUT2D eigenvalue weighted by Gasteiger charge is -2.13. The van der Waals surface area contributed by atoms with Gasteiger partial charge in [-0.3, -0.25) is 4.79 Å². The summed E-state index contributed by atoms with van der Waals surface area (Å²) in [6.07, 6.45) is 0. The molecule has 2 N–H and O–H groups in total. The van der Waals surface area contributed by atoms with Crippen LogP contribution in [0.2, 0.25) is 10.0 Å². The number of rotatable bonds is 6. The Bertz CT molecular complexity index is 1140. The van der Waals surface area contributed by atoms with Crippen LogP contribution in [0.5, 0.6) is 5.75 Å². The lowest BCUT2D eigenvalue weighted by atomic mass is 10.1. The first kappa shape index (κ1) is 20.5. The molecule has 0 heterocycles. The Morgan fingerprint density at radius 2 is 1.83 bits per heavy atom. The Morgan fingerprint density at radius 1 is 1.10 bits per heavy atom. The van der Waals surface area contributed by atoms with E-state index in [1.807, 2.05) is 6.07 Å². The highest BCUT2D eigenvalue weighted by Crippen LogP contribution is 2.36. The summed E-state index contributed by atoms with van der Waals surface area (Å²) in [4.78, 5) is 23.5. The summed E-state index contributed by atoms with van der Waals surface area (Å²) in [6, 6.07) is 14.7. The average molecular weight is 429 g/mol. The van der Waals surface area contributed by atoms with Gasteiger partial charge in [0.1, 0.15) is 5.75 Å². The summed E-state index contributed by atoms with van der Waals surface area (Å²) in [6.45, 7) is -0.0619. The number of benzene rings is 3. The predicted octanol–water partition coefficient (Wildman–Crippen LogP) is 4.41. The molecule has 0 unspecified atom stereocenters. The van der Waals surface area contributed by atoms with E-state index in [1.54, 1.807) is 30.3 Å². The van der Waals surface area contributed by atoms with Gasteiger partial charge < -0.3 is 15.2 Å². The van der Waals surface area contributed by atoms with Crippen molar-refractivity contribution in [3.8, 4) is 11.8 Å². The third-order valence-electron chi connectivity index (χ3n) is 4.11. The second-order valence-electron chi connectivity index (χ2n) is 6.14. The van der Waals surface area contributed by atoms with Gasteiger partial charge in [-0.1, -0.05) is 35.3 Å². The fraction of sp³-hybridized carbons (Fsp3) is 0.0952. The van der Waals surface area contributed by atoms with Gasteiger partial charge in [-0.25, -0.2) is 4.79 Å². The van der Waals surface area contributed by atoms with E-state index in [9.17, 15) is 14.7 Å². The maximum absolute atomic E-state index is 12.1. The van der Waals surface area contributed by atoms with Crippen molar-refractivity contribution in [2.75, 3.05) is 6.61 Å². The Kier molecular flexibility index (Phi) is 6.23. The zero-order chi connectivity index (χ0) is 21.0. The molecule has 3 aromatic rings. The molecule has 0 atom stereocenters. The number of carbonyl (C=O) groups is 2. The van der Waals surface area contributed by atoms with Crippen LogP contribution in [0.15, 0.2) is 48.5 Å². The number of hydrogen-bond donors (Lipinski definition) is 2. The van der Waals surface area contributed by atoms with Crippen molar-refractivity contribution in [3.05, 3.63) is 75.3 Å². The molecular weight excluding hydrogens is 415 g/mol. The van der Waals surface area contributed by atoms with Crippen LogP contribution in [0.4, 0.5) is 0 Å². The standard InChI is InChI=1S/C21H14Cl2N2O4/c22-16-6-14-5-15(21(27)28)7-18(20(14)17(23)8-16)29-11-19(26)25-10-13-3-1-12(9-24)2-4-13/h1-8H,10-11H2,(H,25,26)(H,27,28). The zero-order valence-electron chi connectivity index (χ0n) is 14.9. The number of carboxylic acids is 1. The number of hydrogen-bond acceptors (Lipinski definition) is 4. The Balaban J connectivity index is 1.74. The maximum atomic E-state index is 12.1. The van der Waals surface area contributed by atoms with Gasteiger partial charge in [0.25, 0.3) is 5.91 Å². The number of nitrogens with one attached hydrogen (secondary N) is 1. The first-order valence-electron chi connectivity index (χ1n) is 8.42. The molecule has 0 radical (unpaired) electrons. The van der Waals surface area contributed by atoms with Crippen molar-refractivity contribution in [3.63, 3.8) is 0 Å². The lowest BCUT2D eigenvalue weighted by molar-refractivity contribution is -0.123. The molecule has 6 nitrogen and oxygen atoms in total. The third kappa shape index (κ3) is 4.96. The molecule has 0 spiro atoms. The Labute approximate surface area is 176 Å². The number of halogens is 2. The third-order valence-corrected chi connectivity index (χ3v) is 4.62. The highest BCUT2D eigenvalue weighted by atomic mass is 35.5. The molecule has 29 heavy (non-hydrogen) atoms. The van der Waals surface area contributed by atoms with Crippen LogP contribution in [0.25, 0.3) is 10.8 Å². The maximum Gasteiger partial charge on any atom is 0.335 e. The minimum absolute atomic E-state index is 0.0103. The quantitative estimate of drug-likeness (QED) is 0.605. The van der Waals surface area contributed by atoms with Gasteiger partial charge in [0.15, 0.2) is 6.61 Å². The van der Waals surface area contributed by atoms with Crippen LogP contribution in [-0.2, 0) is 11.3 Å². The highest BCUT2D eigenvalue weighted by Gasteiger charge is 2.15. The summed E-state index contributed by atoms with van der Waals surface area (Å²) in [5.74, 6) is -1.36. The van der Waals surface area contributed by atoms with Gasteiger partial charge in [0, 0.05) is 17.0 Å². The van der Waals surface area contributed by atoms with Crippen molar-refractivity contribution in [1.29, 1.82) is 5.26 Å². The number of carboxylic acid groups (broad SMARTS) is 1. The molecule has 0 fully saturated rings. The molecule has 146 valence electrons. The fourth-order valence-electron chi connectivity index (χ4n) is 2.72. The normalized spacial score (nSPS) is 10.4. The summed E-state index contributed by atoms with van der Waals surface area (Å²) >= 11 is 12.2. The minimum atomic E-state index is -1.14. The average Bonchev–Trinajstić information content (AvgIpc) is 2.70. The first-order chi connectivity index (χ1) is 13.9. The predicted molar refractivity (Wildman–Crippen MR) is 109 cm³/mol. The van der Waals surface area contributed by atoms with Gasteiger partial charge in [-0.15, -0.1) is 0 Å². The SMILES string of the molecule is N#Cc1ccc(CNC(=O)COc2cc(C(=O)O)cc3cc(Cl)cc(Cl)c23)cc1. The smallest absolute Gasteiger partial charge is 0.335 e. The summed E-state index contributed by atoms with van der Waals surface area (Å²) < 4.78 is 5.57. The molecule has 0 aliphatic heterocycles. The molecule has 1 amide bonds. The molecular formula is C21H14Cl2N2O4. The van der Waals surface area contributed by atoms with Crippen LogP contribution in [0.3, 0.4) is 0 Å². The molecule has 3 aromatic carbocycles. The van der Waals surface area contributed by atoms with Gasteiger partial charge in [-0.2, -0.15) is 5.26 Å². The van der Waals surface area contributed by atoms with E-state index < -0.39 is 11.9 Å². The minimum Gasteiger partial charge on any atom is -0.483 e. The molecule has 0 aromatic heterocycles. The van der Waals surface area contributed by atoms with Crippen molar-refractivity contribution < 1.29 is 19.4 Å². The van der Waals surface area contributed by atoms with E-state index in [1.165, 1.54) is 18.2 Å². The van der Waals surface area contributed by atoms with Gasteiger partial charge in [-0.05, 0) is 47.3 Å². The van der Waals surface area contributed by atoms with Crippen molar-refractivity contribution >= 4 is 45.9 Å². The van der Waals surface area contributed by atoms with E-state index in [0.29, 0.717) is 21.4 Å². The summed E-state index contributed by atoms with van der Waals surface area (Å²) in [5, 5.41) is 22.4. The van der Waals surface area contributed by atoms with Crippen molar-refractivity contribution in [2.45, 2.75) is 6.54 Å². The van der Waals surface area contributed by atoms with Crippen molar-refractivity contribution in [1.82, 2.24) is 5.32 Å². The van der Waals surface area contributed by atoms with E-state index in [4.69, 9.17) is 33.2 Å². The van der Waals surface area contributed by atoms with Gasteiger partial charge in [0.05, 0.1) is 22.2 Å². The number of ether oxygens (including phenoxy) is 1. The van der Waals surface area contributed by atoms with Crippen LogP contribution < -0.4 is 10.1 Å². The van der Waals surface area contributed by atoms with Gasteiger partial charge >= 0.3 is 5.97 Å². The molecule has 0 saturated carbocycles. The second kappa shape index (κ2) is 8.82. The molecule has 0 aliphatic carbocycles. The molecule has 3 rings (SSSR count). The first-order valence-corrected chi connectivity index (χ1v) is 9.17. The number of aromatic carboxylic acids is 1. The number of amides is 1. The molecule has 0 aliphatic rings. The molecule has 0 bridgehead atoms. The van der Waals surface area contributed by atoms with Crippen LogP contribution in [0, 0.1) is 11.3 Å². The zero-order valence-corrected chi connectivity index (χ0v) is 16.4. The molecule has 8 heteroatoms. The lowest BCUT2D eigenvalue weighted by Crippen LogP contribution is -2.28. The monoisotopic (exact) mass is 428 g/mol. The Hall–Kier alpha value is -3.27. The van der Waals surface area contributed by atoms with E-state index in [-0.39, 0.29) is 29.5 Å². The number of carbonyl (C=O) groups excluding carboxylic acids is 1. The second-order valence-corrected chi connectivity index (χ2v) is 6.98. The van der Waals surface area contributed by atoms with Crippen LogP contribution in [0.1, 0.15) is 21.5 Å².